The summed E-state index contributed by atoms with van der Waals surface area (Å²) in [5, 5.41) is 18.5. The fraction of sp³-hybridized carbons (Fsp3) is 0.0500. The van der Waals surface area contributed by atoms with Gasteiger partial charge in [0, 0.05) is 11.8 Å². The quantitative estimate of drug-likeness (QED) is 0.626. The maximum atomic E-state index is 9.33. The molecule has 5 nitrogen and oxygen atoms in total. The Morgan fingerprint density at radius 2 is 1.88 bits per heavy atom. The van der Waals surface area contributed by atoms with Gasteiger partial charge in [0.2, 0.25) is 5.78 Å². The standard InChI is InChI=1S/C20H14N4O/c21-11-16-4-1-2-7-18(16)14-5-3-6-15(10-14)19-12-22-20-23-17(13-25)8-9-24(19)20/h1-10,12,25H,13H2. The molecular formula is C20H14N4O. The molecule has 0 aliphatic carbocycles. The maximum absolute atomic E-state index is 9.33. The van der Waals surface area contributed by atoms with Gasteiger partial charge >= 0.3 is 0 Å². The van der Waals surface area contributed by atoms with E-state index in [2.05, 4.69) is 16.0 Å². The second kappa shape index (κ2) is 6.19. The van der Waals surface area contributed by atoms with E-state index in [1.807, 2.05) is 59.1 Å². The second-order valence-corrected chi connectivity index (χ2v) is 5.63. The van der Waals surface area contributed by atoms with Crippen molar-refractivity contribution < 1.29 is 5.11 Å². The first kappa shape index (κ1) is 15.1. The monoisotopic (exact) mass is 326 g/mol. The van der Waals surface area contributed by atoms with Crippen LogP contribution in [0.4, 0.5) is 0 Å². The van der Waals surface area contributed by atoms with Crippen LogP contribution in [0.15, 0.2) is 67.0 Å². The molecule has 120 valence electrons. The molecule has 2 heterocycles. The molecule has 0 atom stereocenters. The number of nitrogens with zero attached hydrogens (tertiary/aromatic N) is 4. The lowest BCUT2D eigenvalue weighted by Crippen LogP contribution is -1.95. The van der Waals surface area contributed by atoms with Crippen LogP contribution in [0.5, 0.6) is 0 Å². The summed E-state index contributed by atoms with van der Waals surface area (Å²) in [6.45, 7) is -0.112. The molecule has 2 aromatic carbocycles. The third kappa shape index (κ3) is 2.65. The lowest BCUT2D eigenvalue weighted by atomic mass is 9.98. The summed E-state index contributed by atoms with van der Waals surface area (Å²) >= 11 is 0. The Morgan fingerprint density at radius 3 is 2.72 bits per heavy atom. The van der Waals surface area contributed by atoms with Crippen LogP contribution < -0.4 is 0 Å². The van der Waals surface area contributed by atoms with E-state index >= 15 is 0 Å². The summed E-state index contributed by atoms with van der Waals surface area (Å²) in [5.74, 6) is 0.546. The average molecular weight is 326 g/mol. The number of imidazole rings is 1. The molecule has 4 aromatic rings. The Bertz CT molecular complexity index is 1110. The van der Waals surface area contributed by atoms with E-state index in [9.17, 15) is 10.4 Å². The number of benzene rings is 2. The van der Waals surface area contributed by atoms with E-state index in [4.69, 9.17) is 0 Å². The number of rotatable bonds is 3. The first-order valence-corrected chi connectivity index (χ1v) is 7.84. The molecule has 0 amide bonds. The van der Waals surface area contributed by atoms with Gasteiger partial charge < -0.3 is 5.11 Å². The lowest BCUT2D eigenvalue weighted by molar-refractivity contribution is 0.277. The van der Waals surface area contributed by atoms with Gasteiger partial charge in [-0.15, -0.1) is 0 Å². The van der Waals surface area contributed by atoms with Crippen LogP contribution in [0.3, 0.4) is 0 Å². The average Bonchev–Trinajstić information content (AvgIpc) is 3.11. The summed E-state index contributed by atoms with van der Waals surface area (Å²) in [4.78, 5) is 8.63. The van der Waals surface area contributed by atoms with Gasteiger partial charge in [0.05, 0.1) is 35.8 Å². The Labute approximate surface area is 144 Å². The zero-order valence-electron chi connectivity index (χ0n) is 13.3. The van der Waals surface area contributed by atoms with Crippen molar-refractivity contribution >= 4 is 5.78 Å². The fourth-order valence-corrected chi connectivity index (χ4v) is 2.89. The molecule has 1 N–H and O–H groups in total. The molecule has 0 aliphatic heterocycles. The number of aliphatic hydroxyl groups excluding tert-OH is 1. The van der Waals surface area contributed by atoms with Gasteiger partial charge in [-0.1, -0.05) is 36.4 Å². The molecule has 4 rings (SSSR count). The molecule has 0 unspecified atom stereocenters. The van der Waals surface area contributed by atoms with Crippen LogP contribution in [0, 0.1) is 11.3 Å². The molecule has 25 heavy (non-hydrogen) atoms. The van der Waals surface area contributed by atoms with Crippen LogP contribution in [0.2, 0.25) is 0 Å². The molecule has 0 radical (unpaired) electrons. The molecule has 5 heteroatoms. The highest BCUT2D eigenvalue weighted by Crippen LogP contribution is 2.28. The van der Waals surface area contributed by atoms with Crippen LogP contribution in [-0.2, 0) is 6.61 Å². The van der Waals surface area contributed by atoms with Gasteiger partial charge in [-0.3, -0.25) is 4.40 Å². The Kier molecular flexibility index (Phi) is 3.73. The second-order valence-electron chi connectivity index (χ2n) is 5.63. The van der Waals surface area contributed by atoms with Crippen molar-refractivity contribution in [2.75, 3.05) is 0 Å². The maximum Gasteiger partial charge on any atom is 0.234 e. The van der Waals surface area contributed by atoms with Crippen molar-refractivity contribution in [1.82, 2.24) is 14.4 Å². The summed E-state index contributed by atoms with van der Waals surface area (Å²) in [7, 11) is 0. The van der Waals surface area contributed by atoms with E-state index in [0.717, 1.165) is 22.4 Å². The predicted octanol–water partition coefficient (Wildman–Crippen LogP) is 3.43. The van der Waals surface area contributed by atoms with Crippen molar-refractivity contribution in [3.63, 3.8) is 0 Å². The Balaban J connectivity index is 1.84. The highest BCUT2D eigenvalue weighted by atomic mass is 16.3. The van der Waals surface area contributed by atoms with Gasteiger partial charge in [0.15, 0.2) is 0 Å². The van der Waals surface area contributed by atoms with E-state index in [1.54, 1.807) is 12.3 Å². The fourth-order valence-electron chi connectivity index (χ4n) is 2.89. The number of hydrogen-bond donors (Lipinski definition) is 1. The van der Waals surface area contributed by atoms with Crippen molar-refractivity contribution in [2.45, 2.75) is 6.61 Å². The minimum atomic E-state index is -0.112. The molecule has 0 saturated heterocycles. The van der Waals surface area contributed by atoms with Crippen molar-refractivity contribution in [2.24, 2.45) is 0 Å². The largest absolute Gasteiger partial charge is 0.390 e. The van der Waals surface area contributed by atoms with Gasteiger partial charge in [-0.2, -0.15) is 5.26 Å². The minimum Gasteiger partial charge on any atom is -0.390 e. The number of aliphatic hydroxyl groups is 1. The predicted molar refractivity (Wildman–Crippen MR) is 94.5 cm³/mol. The summed E-state index contributed by atoms with van der Waals surface area (Å²) in [5.41, 5.74) is 5.00. The SMILES string of the molecule is N#Cc1ccccc1-c1cccc(-c2cnc3nc(CO)ccn23)c1. The first-order chi connectivity index (χ1) is 12.3. The first-order valence-electron chi connectivity index (χ1n) is 7.84. The Hall–Kier alpha value is -3.49. The van der Waals surface area contributed by atoms with Gasteiger partial charge in [-0.25, -0.2) is 9.97 Å². The minimum absolute atomic E-state index is 0.112. The van der Waals surface area contributed by atoms with E-state index in [1.165, 1.54) is 0 Å². The number of hydrogen-bond acceptors (Lipinski definition) is 4. The van der Waals surface area contributed by atoms with E-state index in [0.29, 0.717) is 17.0 Å². The zero-order chi connectivity index (χ0) is 17.2. The highest BCUT2D eigenvalue weighted by molar-refractivity contribution is 5.75. The van der Waals surface area contributed by atoms with Crippen molar-refractivity contribution in [3.05, 3.63) is 78.2 Å². The highest BCUT2D eigenvalue weighted by Gasteiger charge is 2.10. The molecular weight excluding hydrogens is 312 g/mol. The summed E-state index contributed by atoms with van der Waals surface area (Å²) in [6.07, 6.45) is 3.62. The topological polar surface area (TPSA) is 74.2 Å². The van der Waals surface area contributed by atoms with Crippen LogP contribution in [0.1, 0.15) is 11.3 Å². The van der Waals surface area contributed by atoms with Gasteiger partial charge in [-0.05, 0) is 29.3 Å². The molecule has 0 aliphatic rings. The van der Waals surface area contributed by atoms with Crippen LogP contribution >= 0.6 is 0 Å². The third-order valence-electron chi connectivity index (χ3n) is 4.12. The summed E-state index contributed by atoms with van der Waals surface area (Å²) in [6, 6.07) is 19.6. The van der Waals surface area contributed by atoms with E-state index in [-0.39, 0.29) is 6.61 Å². The Morgan fingerprint density at radius 1 is 1.04 bits per heavy atom. The summed E-state index contributed by atoms with van der Waals surface area (Å²) < 4.78 is 1.88. The lowest BCUT2D eigenvalue weighted by Gasteiger charge is -2.07. The number of nitriles is 1. The van der Waals surface area contributed by atoms with Gasteiger partial charge in [0.1, 0.15) is 0 Å². The molecule has 0 saturated carbocycles. The van der Waals surface area contributed by atoms with Crippen molar-refractivity contribution in [3.8, 4) is 28.5 Å². The molecule has 0 bridgehead atoms. The zero-order valence-corrected chi connectivity index (χ0v) is 13.3. The third-order valence-corrected chi connectivity index (χ3v) is 4.12. The molecule has 0 fully saturated rings. The molecule has 0 spiro atoms. The van der Waals surface area contributed by atoms with Gasteiger partial charge in [0.25, 0.3) is 0 Å². The normalized spacial score (nSPS) is 10.7. The number of aromatic nitrogens is 3. The van der Waals surface area contributed by atoms with Crippen molar-refractivity contribution in [1.29, 1.82) is 5.26 Å². The van der Waals surface area contributed by atoms with Crippen LogP contribution in [0.25, 0.3) is 28.2 Å². The van der Waals surface area contributed by atoms with Crippen LogP contribution in [-0.4, -0.2) is 19.5 Å². The number of fused-ring (bicyclic) bond motifs is 1. The van der Waals surface area contributed by atoms with E-state index < -0.39 is 0 Å². The smallest absolute Gasteiger partial charge is 0.234 e. The molecule has 2 aromatic heterocycles.